The standard InChI is InChI=1S/C20H26N4O3/c21-19(22)23-7-1-8-24-9-6-20-12-3-5-15(26)18(20)27-17-14(25)4-2-11(16(17)20)10-13(12)24/h2-5,12-13,15,18,25-26H,1,6-10H2,(H4,21,22,23)/t12-,13+,15-,18-,20-/m0/s1. The van der Waals surface area contributed by atoms with Crippen LogP contribution in [0.25, 0.3) is 0 Å². The summed E-state index contributed by atoms with van der Waals surface area (Å²) in [5.41, 5.74) is 13.0. The zero-order valence-electron chi connectivity index (χ0n) is 15.2. The number of nitrogens with two attached hydrogens (primary N) is 2. The zero-order valence-corrected chi connectivity index (χ0v) is 15.2. The van der Waals surface area contributed by atoms with E-state index in [1.807, 2.05) is 12.1 Å². The highest BCUT2D eigenvalue weighted by Crippen LogP contribution is 2.62. The first-order valence-electron chi connectivity index (χ1n) is 9.70. The van der Waals surface area contributed by atoms with Gasteiger partial charge in [-0.15, -0.1) is 0 Å². The van der Waals surface area contributed by atoms with Gasteiger partial charge in [-0.3, -0.25) is 9.89 Å². The molecule has 1 aromatic rings. The second kappa shape index (κ2) is 5.87. The van der Waals surface area contributed by atoms with Crippen LogP contribution in [0, 0.1) is 5.92 Å². The fourth-order valence-corrected chi connectivity index (χ4v) is 5.89. The molecule has 0 radical (unpaired) electrons. The minimum Gasteiger partial charge on any atom is -0.504 e. The van der Waals surface area contributed by atoms with Crippen LogP contribution in [0.1, 0.15) is 24.0 Å². The van der Waals surface area contributed by atoms with Crippen LogP contribution in [-0.2, 0) is 11.8 Å². The number of hydrogen-bond donors (Lipinski definition) is 4. The Kier molecular flexibility index (Phi) is 3.67. The third-order valence-corrected chi connectivity index (χ3v) is 6.88. The van der Waals surface area contributed by atoms with Crippen molar-refractivity contribution >= 4 is 5.96 Å². The summed E-state index contributed by atoms with van der Waals surface area (Å²) in [4.78, 5) is 6.63. The molecule has 2 aliphatic carbocycles. The van der Waals surface area contributed by atoms with Gasteiger partial charge in [-0.1, -0.05) is 18.2 Å². The summed E-state index contributed by atoms with van der Waals surface area (Å²) >= 11 is 0. The lowest BCUT2D eigenvalue weighted by molar-refractivity contribution is -0.0516. The number of likely N-dealkylation sites (tertiary alicyclic amines) is 1. The Bertz CT molecular complexity index is 835. The van der Waals surface area contributed by atoms with Crippen LogP contribution < -0.4 is 16.2 Å². The first-order chi connectivity index (χ1) is 13.0. The van der Waals surface area contributed by atoms with Crippen LogP contribution in [0.15, 0.2) is 29.3 Å². The van der Waals surface area contributed by atoms with Crippen molar-refractivity contribution in [3.05, 3.63) is 35.4 Å². The van der Waals surface area contributed by atoms with E-state index in [4.69, 9.17) is 16.2 Å². The normalized spacial score (nSPS) is 35.4. The highest BCUT2D eigenvalue weighted by atomic mass is 16.5. The second-order valence-corrected chi connectivity index (χ2v) is 8.15. The molecular formula is C20H26N4O3. The number of guanidine groups is 1. The Hall–Kier alpha value is -2.25. The summed E-state index contributed by atoms with van der Waals surface area (Å²) in [6, 6.07) is 4.11. The van der Waals surface area contributed by atoms with Crippen molar-refractivity contribution in [2.45, 2.75) is 42.9 Å². The average molecular weight is 370 g/mol. The minimum absolute atomic E-state index is 0.140. The molecule has 0 amide bonds. The quantitative estimate of drug-likeness (QED) is 0.261. The van der Waals surface area contributed by atoms with Crippen molar-refractivity contribution in [1.29, 1.82) is 0 Å². The Morgan fingerprint density at radius 1 is 1.33 bits per heavy atom. The van der Waals surface area contributed by atoms with E-state index in [0.717, 1.165) is 37.9 Å². The van der Waals surface area contributed by atoms with Gasteiger partial charge in [0.05, 0.1) is 0 Å². The van der Waals surface area contributed by atoms with Gasteiger partial charge >= 0.3 is 0 Å². The number of hydrogen-bond acceptors (Lipinski definition) is 5. The summed E-state index contributed by atoms with van der Waals surface area (Å²) in [7, 11) is 0. The van der Waals surface area contributed by atoms with Gasteiger partial charge in [0.1, 0.15) is 12.2 Å². The predicted octanol–water partition coefficient (Wildman–Crippen LogP) is 0.232. The summed E-state index contributed by atoms with van der Waals surface area (Å²) in [6.07, 6.45) is 5.83. The molecule has 4 aliphatic rings. The van der Waals surface area contributed by atoms with Gasteiger partial charge in [-0.25, -0.2) is 0 Å². The molecule has 1 spiro atoms. The van der Waals surface area contributed by atoms with E-state index in [2.05, 4.69) is 16.0 Å². The van der Waals surface area contributed by atoms with Gasteiger partial charge in [-0.2, -0.15) is 0 Å². The molecule has 1 saturated heterocycles. The van der Waals surface area contributed by atoms with Crippen LogP contribution >= 0.6 is 0 Å². The highest BCUT2D eigenvalue weighted by Gasteiger charge is 2.64. The molecule has 1 fully saturated rings. The third kappa shape index (κ3) is 2.24. The van der Waals surface area contributed by atoms with E-state index in [-0.39, 0.29) is 29.1 Å². The van der Waals surface area contributed by atoms with Crippen molar-refractivity contribution in [1.82, 2.24) is 4.90 Å². The third-order valence-electron chi connectivity index (χ3n) is 6.88. The molecule has 2 heterocycles. The maximum absolute atomic E-state index is 10.6. The van der Waals surface area contributed by atoms with Gasteiger partial charge in [0.25, 0.3) is 0 Å². The molecule has 5 atom stereocenters. The average Bonchev–Trinajstić information content (AvgIpc) is 2.99. The first-order valence-corrected chi connectivity index (χ1v) is 9.70. The summed E-state index contributed by atoms with van der Waals surface area (Å²) in [6.45, 7) is 2.52. The fraction of sp³-hybridized carbons (Fsp3) is 0.550. The summed E-state index contributed by atoms with van der Waals surface area (Å²) < 4.78 is 6.17. The number of rotatable bonds is 4. The number of benzene rings is 1. The molecule has 27 heavy (non-hydrogen) atoms. The molecule has 2 bridgehead atoms. The van der Waals surface area contributed by atoms with Crippen molar-refractivity contribution < 1.29 is 14.9 Å². The second-order valence-electron chi connectivity index (χ2n) is 8.15. The van der Waals surface area contributed by atoms with E-state index in [9.17, 15) is 10.2 Å². The van der Waals surface area contributed by atoms with Crippen LogP contribution in [0.5, 0.6) is 11.5 Å². The van der Waals surface area contributed by atoms with Crippen molar-refractivity contribution in [3.8, 4) is 11.5 Å². The summed E-state index contributed by atoms with van der Waals surface area (Å²) in [5, 5.41) is 21.0. The van der Waals surface area contributed by atoms with Gasteiger partial charge in [-0.05, 0) is 37.4 Å². The van der Waals surface area contributed by atoms with Crippen molar-refractivity contribution in [3.63, 3.8) is 0 Å². The predicted molar refractivity (Wildman–Crippen MR) is 102 cm³/mol. The smallest absolute Gasteiger partial charge is 0.185 e. The number of phenols is 1. The molecule has 2 aliphatic heterocycles. The van der Waals surface area contributed by atoms with Crippen LogP contribution in [0.3, 0.4) is 0 Å². The van der Waals surface area contributed by atoms with E-state index in [1.54, 1.807) is 6.07 Å². The van der Waals surface area contributed by atoms with Crippen LogP contribution in [0.2, 0.25) is 0 Å². The molecule has 7 heteroatoms. The topological polar surface area (TPSA) is 117 Å². The number of aliphatic hydroxyl groups excluding tert-OH is 1. The van der Waals surface area contributed by atoms with Crippen molar-refractivity contribution in [2.75, 3.05) is 19.6 Å². The van der Waals surface area contributed by atoms with Crippen molar-refractivity contribution in [2.24, 2.45) is 22.4 Å². The molecule has 7 nitrogen and oxygen atoms in total. The van der Waals surface area contributed by atoms with E-state index in [1.165, 1.54) is 5.56 Å². The maximum Gasteiger partial charge on any atom is 0.185 e. The number of ether oxygens (including phenoxy) is 1. The lowest BCUT2D eigenvalue weighted by Crippen LogP contribution is -2.65. The number of piperidine rings is 1. The molecule has 1 aromatic carbocycles. The largest absolute Gasteiger partial charge is 0.504 e. The van der Waals surface area contributed by atoms with Gasteiger partial charge in [0.2, 0.25) is 0 Å². The maximum atomic E-state index is 10.6. The number of aliphatic imine (C=N–C) groups is 1. The molecule has 0 unspecified atom stereocenters. The lowest BCUT2D eigenvalue weighted by Gasteiger charge is -2.57. The molecular weight excluding hydrogens is 344 g/mol. The van der Waals surface area contributed by atoms with E-state index in [0.29, 0.717) is 18.3 Å². The van der Waals surface area contributed by atoms with Crippen LogP contribution in [0.4, 0.5) is 0 Å². The van der Waals surface area contributed by atoms with E-state index < -0.39 is 6.10 Å². The van der Waals surface area contributed by atoms with Gasteiger partial charge in [0, 0.05) is 36.0 Å². The number of aromatic hydroxyl groups is 1. The number of nitrogens with zero attached hydrogens (tertiary/aromatic N) is 2. The Labute approximate surface area is 158 Å². The lowest BCUT2D eigenvalue weighted by atomic mass is 9.53. The Balaban J connectivity index is 1.51. The summed E-state index contributed by atoms with van der Waals surface area (Å²) in [5.74, 6) is 1.19. The number of phenolic OH excluding ortho intramolecular Hbond substituents is 1. The van der Waals surface area contributed by atoms with Crippen LogP contribution in [-0.4, -0.2) is 59.0 Å². The zero-order chi connectivity index (χ0) is 18.8. The first kappa shape index (κ1) is 16.9. The monoisotopic (exact) mass is 370 g/mol. The number of aliphatic hydroxyl groups is 1. The SMILES string of the molecule is NC(N)=NCCCN1CC[C@]23c4c5ccc(O)c4O[C@H]2[C@@H](O)C=C[C@H]3[C@H]1C5. The minimum atomic E-state index is -0.645. The van der Waals surface area contributed by atoms with Gasteiger partial charge in [0.15, 0.2) is 17.5 Å². The molecule has 144 valence electrons. The molecule has 6 N–H and O–H groups in total. The Morgan fingerprint density at radius 3 is 3.00 bits per heavy atom. The van der Waals surface area contributed by atoms with Gasteiger partial charge < -0.3 is 26.4 Å². The molecule has 0 saturated carbocycles. The molecule has 5 rings (SSSR count). The molecule has 0 aromatic heterocycles. The van der Waals surface area contributed by atoms with E-state index >= 15 is 0 Å². The highest BCUT2D eigenvalue weighted by molar-refractivity contribution is 5.75. The fourth-order valence-electron chi connectivity index (χ4n) is 5.89. The Morgan fingerprint density at radius 2 is 2.19 bits per heavy atom.